The fourth-order valence-corrected chi connectivity index (χ4v) is 3.45. The maximum absolute atomic E-state index is 12.1. The summed E-state index contributed by atoms with van der Waals surface area (Å²) in [5, 5.41) is 2.83. The van der Waals surface area contributed by atoms with Crippen molar-refractivity contribution in [2.45, 2.75) is 20.0 Å². The van der Waals surface area contributed by atoms with Crippen LogP contribution in [0.15, 0.2) is 45.6 Å². The van der Waals surface area contributed by atoms with Crippen LogP contribution in [0.3, 0.4) is 0 Å². The number of thiophene rings is 1. The molecule has 0 aliphatic carbocycles. The van der Waals surface area contributed by atoms with E-state index >= 15 is 0 Å². The van der Waals surface area contributed by atoms with Crippen LogP contribution in [0.25, 0.3) is 11.1 Å². The quantitative estimate of drug-likeness (QED) is 0.773. The zero-order chi connectivity index (χ0) is 17.1. The summed E-state index contributed by atoms with van der Waals surface area (Å²) in [4.78, 5) is 28.0. The highest BCUT2D eigenvalue weighted by Gasteiger charge is 2.11. The molecule has 2 heterocycles. The van der Waals surface area contributed by atoms with E-state index in [-0.39, 0.29) is 6.03 Å². The van der Waals surface area contributed by atoms with Crippen LogP contribution in [-0.2, 0) is 13.1 Å². The molecule has 7 heteroatoms. The molecule has 3 aromatic rings. The van der Waals surface area contributed by atoms with Crippen LogP contribution in [0.4, 0.5) is 4.79 Å². The first-order chi connectivity index (χ1) is 11.5. The molecule has 3 rings (SSSR count). The Morgan fingerprint density at radius 2 is 2.08 bits per heavy atom. The van der Waals surface area contributed by atoms with Gasteiger partial charge in [0.2, 0.25) is 0 Å². The SMILES string of the molecule is Cc1ccc(CN(C)C(=O)NCCn2c(=O)oc3ccccc32)s1. The monoisotopic (exact) mass is 345 g/mol. The lowest BCUT2D eigenvalue weighted by Crippen LogP contribution is -2.38. The van der Waals surface area contributed by atoms with Crippen molar-refractivity contribution in [1.29, 1.82) is 0 Å². The Morgan fingerprint density at radius 3 is 2.83 bits per heavy atom. The standard InChI is InChI=1S/C17H19N3O3S/c1-12-7-8-13(24-12)11-19(2)16(21)18-9-10-20-14-5-3-4-6-15(14)23-17(20)22/h3-8H,9-11H2,1-2H3,(H,18,21). The van der Waals surface area contributed by atoms with Crippen LogP contribution >= 0.6 is 11.3 Å². The number of aryl methyl sites for hydroxylation is 1. The fourth-order valence-electron chi connectivity index (χ4n) is 2.51. The molecule has 6 nitrogen and oxygen atoms in total. The van der Waals surface area contributed by atoms with Gasteiger partial charge in [-0.2, -0.15) is 0 Å². The summed E-state index contributed by atoms with van der Waals surface area (Å²) >= 11 is 1.68. The van der Waals surface area contributed by atoms with Gasteiger partial charge in [0, 0.05) is 29.9 Å². The Kier molecular flexibility index (Phi) is 4.71. The Labute approximate surface area is 143 Å². The third-order valence-electron chi connectivity index (χ3n) is 3.72. The largest absolute Gasteiger partial charge is 0.420 e. The van der Waals surface area contributed by atoms with Crippen LogP contribution in [0.5, 0.6) is 0 Å². The van der Waals surface area contributed by atoms with Crippen molar-refractivity contribution in [3.63, 3.8) is 0 Å². The average Bonchev–Trinajstić information content (AvgIpc) is 3.10. The maximum Gasteiger partial charge on any atom is 0.420 e. The molecule has 0 spiro atoms. The first-order valence-corrected chi connectivity index (χ1v) is 8.49. The summed E-state index contributed by atoms with van der Waals surface area (Å²) in [6.07, 6.45) is 0. The van der Waals surface area contributed by atoms with E-state index in [0.717, 1.165) is 10.4 Å². The van der Waals surface area contributed by atoms with E-state index in [0.29, 0.717) is 25.2 Å². The van der Waals surface area contributed by atoms with Crippen LogP contribution in [0.2, 0.25) is 0 Å². The number of benzene rings is 1. The molecule has 2 aromatic heterocycles. The predicted octanol–water partition coefficient (Wildman–Crippen LogP) is 2.81. The highest BCUT2D eigenvalue weighted by atomic mass is 32.1. The third kappa shape index (κ3) is 3.51. The number of para-hydroxylation sites is 2. The normalized spacial score (nSPS) is 10.9. The number of amides is 2. The van der Waals surface area contributed by atoms with E-state index in [1.807, 2.05) is 37.3 Å². The van der Waals surface area contributed by atoms with E-state index in [1.54, 1.807) is 29.4 Å². The van der Waals surface area contributed by atoms with Crippen LogP contribution in [-0.4, -0.2) is 29.1 Å². The predicted molar refractivity (Wildman–Crippen MR) is 94.4 cm³/mol. The lowest BCUT2D eigenvalue weighted by molar-refractivity contribution is 0.207. The zero-order valence-corrected chi connectivity index (χ0v) is 14.4. The number of hydrogen-bond donors (Lipinski definition) is 1. The summed E-state index contributed by atoms with van der Waals surface area (Å²) in [6, 6.07) is 11.2. The van der Waals surface area contributed by atoms with E-state index < -0.39 is 5.76 Å². The molecule has 0 unspecified atom stereocenters. The summed E-state index contributed by atoms with van der Waals surface area (Å²) in [5.41, 5.74) is 1.29. The van der Waals surface area contributed by atoms with E-state index in [1.165, 1.54) is 9.44 Å². The van der Waals surface area contributed by atoms with Crippen molar-refractivity contribution >= 4 is 28.5 Å². The summed E-state index contributed by atoms with van der Waals surface area (Å²) < 4.78 is 6.70. The Balaban J connectivity index is 1.56. The van der Waals surface area contributed by atoms with Crippen molar-refractivity contribution in [2.75, 3.05) is 13.6 Å². The second-order valence-electron chi connectivity index (χ2n) is 5.59. The molecular weight excluding hydrogens is 326 g/mol. The molecule has 0 saturated heterocycles. The van der Waals surface area contributed by atoms with Gasteiger partial charge in [0.25, 0.3) is 0 Å². The lowest BCUT2D eigenvalue weighted by Gasteiger charge is -2.17. The molecule has 24 heavy (non-hydrogen) atoms. The van der Waals surface area contributed by atoms with Crippen LogP contribution < -0.4 is 11.1 Å². The van der Waals surface area contributed by atoms with Crippen molar-refractivity contribution in [3.05, 3.63) is 56.7 Å². The molecule has 0 radical (unpaired) electrons. The number of nitrogens with zero attached hydrogens (tertiary/aromatic N) is 2. The number of oxazole rings is 1. The second-order valence-corrected chi connectivity index (χ2v) is 6.96. The first-order valence-electron chi connectivity index (χ1n) is 7.67. The van der Waals surface area contributed by atoms with Gasteiger partial charge in [0.1, 0.15) is 0 Å². The minimum atomic E-state index is -0.409. The van der Waals surface area contributed by atoms with Gasteiger partial charge in [-0.1, -0.05) is 12.1 Å². The molecule has 1 aromatic carbocycles. The molecule has 0 saturated carbocycles. The average molecular weight is 345 g/mol. The molecule has 0 aliphatic heterocycles. The van der Waals surface area contributed by atoms with Gasteiger partial charge in [-0.25, -0.2) is 9.59 Å². The number of aromatic nitrogens is 1. The smallest absolute Gasteiger partial charge is 0.408 e. The minimum absolute atomic E-state index is 0.165. The van der Waals surface area contributed by atoms with Gasteiger partial charge < -0.3 is 14.6 Å². The Morgan fingerprint density at radius 1 is 1.29 bits per heavy atom. The summed E-state index contributed by atoms with van der Waals surface area (Å²) in [5.74, 6) is -0.409. The van der Waals surface area contributed by atoms with E-state index in [2.05, 4.69) is 5.32 Å². The molecular formula is C17H19N3O3S. The number of fused-ring (bicyclic) bond motifs is 1. The van der Waals surface area contributed by atoms with E-state index in [4.69, 9.17) is 4.42 Å². The first kappa shape index (κ1) is 16.3. The van der Waals surface area contributed by atoms with Gasteiger partial charge >= 0.3 is 11.8 Å². The Hall–Kier alpha value is -2.54. The molecule has 2 amide bonds. The second kappa shape index (κ2) is 6.92. The number of urea groups is 1. The number of nitrogens with one attached hydrogen (secondary N) is 1. The van der Waals surface area contributed by atoms with Crippen LogP contribution in [0, 0.1) is 6.92 Å². The zero-order valence-electron chi connectivity index (χ0n) is 13.6. The van der Waals surface area contributed by atoms with Crippen molar-refractivity contribution in [2.24, 2.45) is 0 Å². The van der Waals surface area contributed by atoms with Crippen molar-refractivity contribution < 1.29 is 9.21 Å². The van der Waals surface area contributed by atoms with Gasteiger partial charge in [-0.15, -0.1) is 11.3 Å². The topological polar surface area (TPSA) is 67.5 Å². The summed E-state index contributed by atoms with van der Waals surface area (Å²) in [7, 11) is 1.75. The lowest BCUT2D eigenvalue weighted by atomic mass is 10.3. The number of carbonyl (C=O) groups excluding carboxylic acids is 1. The number of hydrogen-bond acceptors (Lipinski definition) is 4. The van der Waals surface area contributed by atoms with Crippen LogP contribution in [0.1, 0.15) is 9.75 Å². The van der Waals surface area contributed by atoms with Crippen molar-refractivity contribution in [3.8, 4) is 0 Å². The molecule has 0 atom stereocenters. The third-order valence-corrected chi connectivity index (χ3v) is 4.71. The highest BCUT2D eigenvalue weighted by molar-refractivity contribution is 7.11. The summed E-state index contributed by atoms with van der Waals surface area (Å²) in [6.45, 7) is 3.34. The van der Waals surface area contributed by atoms with Crippen molar-refractivity contribution in [1.82, 2.24) is 14.8 Å². The molecule has 1 N–H and O–H groups in total. The number of carbonyl (C=O) groups is 1. The van der Waals surface area contributed by atoms with Gasteiger partial charge in [0.05, 0.1) is 12.1 Å². The molecule has 0 aliphatic rings. The van der Waals surface area contributed by atoms with Gasteiger partial charge in [-0.05, 0) is 31.2 Å². The Bertz CT molecular complexity index is 909. The molecule has 0 bridgehead atoms. The fraction of sp³-hybridized carbons (Fsp3) is 0.294. The number of rotatable bonds is 5. The molecule has 126 valence electrons. The highest BCUT2D eigenvalue weighted by Crippen LogP contribution is 2.16. The maximum atomic E-state index is 12.1. The minimum Gasteiger partial charge on any atom is -0.408 e. The van der Waals surface area contributed by atoms with Gasteiger partial charge in [0.15, 0.2) is 5.58 Å². The van der Waals surface area contributed by atoms with E-state index in [9.17, 15) is 9.59 Å². The van der Waals surface area contributed by atoms with Gasteiger partial charge in [-0.3, -0.25) is 4.57 Å². The molecule has 0 fully saturated rings.